The smallest absolute Gasteiger partial charge is 0.169 e. The summed E-state index contributed by atoms with van der Waals surface area (Å²) in [5.74, 6) is 0.197. The van der Waals surface area contributed by atoms with Crippen LogP contribution in [-0.4, -0.2) is 0 Å². The first-order valence-corrected chi connectivity index (χ1v) is 6.85. The Balaban J connectivity index is 1.75. The van der Waals surface area contributed by atoms with Gasteiger partial charge in [-0.05, 0) is 28.8 Å². The molecule has 106 valence electrons. The second-order valence-corrected chi connectivity index (χ2v) is 5.31. The number of para-hydroxylation sites is 1. The molecule has 2 aromatic carbocycles. The molecule has 1 unspecified atom stereocenters. The summed E-state index contributed by atoms with van der Waals surface area (Å²) < 4.78 is 24.7. The van der Waals surface area contributed by atoms with Gasteiger partial charge >= 0.3 is 0 Å². The van der Waals surface area contributed by atoms with E-state index >= 15 is 0 Å². The van der Waals surface area contributed by atoms with Gasteiger partial charge in [-0.3, -0.25) is 0 Å². The summed E-state index contributed by atoms with van der Waals surface area (Å²) in [5.41, 5.74) is 9.82. The molecule has 0 fully saturated rings. The van der Waals surface area contributed by atoms with Crippen molar-refractivity contribution in [2.45, 2.75) is 19.3 Å². The van der Waals surface area contributed by atoms with Gasteiger partial charge < -0.3 is 14.9 Å². The fourth-order valence-corrected chi connectivity index (χ4v) is 2.75. The average Bonchev–Trinajstić information content (AvgIpc) is 3.12. The molecule has 1 atom stereocenters. The number of nitrogens with two attached hydrogens (primary N) is 1. The molecule has 1 aliphatic rings. The monoisotopic (exact) mass is 283 g/mol. The van der Waals surface area contributed by atoms with E-state index in [-0.39, 0.29) is 11.4 Å². The van der Waals surface area contributed by atoms with Crippen molar-refractivity contribution in [3.05, 3.63) is 70.7 Å². The van der Waals surface area contributed by atoms with Crippen molar-refractivity contribution in [1.82, 2.24) is 0 Å². The SMILES string of the molecule is NC(c1ccc2c(c1)COC2)c1cc2cccc(F)c2o1. The summed E-state index contributed by atoms with van der Waals surface area (Å²) in [6.07, 6.45) is 0. The largest absolute Gasteiger partial charge is 0.456 e. The highest BCUT2D eigenvalue weighted by molar-refractivity contribution is 5.78. The lowest BCUT2D eigenvalue weighted by atomic mass is 10.00. The molecule has 0 spiro atoms. The van der Waals surface area contributed by atoms with Gasteiger partial charge in [-0.25, -0.2) is 4.39 Å². The first-order valence-electron chi connectivity index (χ1n) is 6.85. The molecule has 2 heterocycles. The van der Waals surface area contributed by atoms with Crippen LogP contribution in [0.3, 0.4) is 0 Å². The third-order valence-electron chi connectivity index (χ3n) is 3.93. The van der Waals surface area contributed by atoms with Gasteiger partial charge in [0.15, 0.2) is 11.4 Å². The predicted octanol–water partition coefficient (Wildman–Crippen LogP) is 3.65. The van der Waals surface area contributed by atoms with Gasteiger partial charge in [-0.2, -0.15) is 0 Å². The van der Waals surface area contributed by atoms with Crippen LogP contribution < -0.4 is 5.73 Å². The highest BCUT2D eigenvalue weighted by Crippen LogP contribution is 2.30. The Morgan fingerprint density at radius 1 is 1.05 bits per heavy atom. The summed E-state index contributed by atoms with van der Waals surface area (Å²) >= 11 is 0. The fourth-order valence-electron chi connectivity index (χ4n) is 2.75. The minimum absolute atomic E-state index is 0.257. The third kappa shape index (κ3) is 2.04. The zero-order valence-electron chi connectivity index (χ0n) is 11.3. The van der Waals surface area contributed by atoms with Gasteiger partial charge in [0.2, 0.25) is 0 Å². The molecule has 0 amide bonds. The van der Waals surface area contributed by atoms with Crippen LogP contribution in [0.4, 0.5) is 4.39 Å². The van der Waals surface area contributed by atoms with Crippen molar-refractivity contribution in [3.63, 3.8) is 0 Å². The van der Waals surface area contributed by atoms with E-state index in [0.717, 1.165) is 16.5 Å². The maximum absolute atomic E-state index is 13.7. The lowest BCUT2D eigenvalue weighted by Gasteiger charge is -2.10. The normalized spacial score (nSPS) is 15.3. The van der Waals surface area contributed by atoms with Gasteiger partial charge in [-0.15, -0.1) is 0 Å². The molecule has 0 aliphatic carbocycles. The Hall–Kier alpha value is -2.17. The fraction of sp³-hybridized carbons (Fsp3) is 0.176. The predicted molar refractivity (Wildman–Crippen MR) is 77.1 cm³/mol. The molecule has 3 nitrogen and oxygen atoms in total. The topological polar surface area (TPSA) is 48.4 Å². The Labute approximate surface area is 121 Å². The van der Waals surface area contributed by atoms with Crippen molar-refractivity contribution in [1.29, 1.82) is 0 Å². The Morgan fingerprint density at radius 2 is 1.90 bits per heavy atom. The maximum Gasteiger partial charge on any atom is 0.169 e. The van der Waals surface area contributed by atoms with Crippen LogP contribution >= 0.6 is 0 Å². The van der Waals surface area contributed by atoms with E-state index in [2.05, 4.69) is 0 Å². The maximum atomic E-state index is 13.7. The summed E-state index contributed by atoms with van der Waals surface area (Å²) in [4.78, 5) is 0. The molecule has 0 radical (unpaired) electrons. The number of hydrogen-bond donors (Lipinski definition) is 1. The summed E-state index contributed by atoms with van der Waals surface area (Å²) in [7, 11) is 0. The van der Waals surface area contributed by atoms with Crippen LogP contribution in [0.25, 0.3) is 11.0 Å². The molecule has 4 heteroatoms. The second-order valence-electron chi connectivity index (χ2n) is 5.31. The molecule has 1 aliphatic heterocycles. The van der Waals surface area contributed by atoms with E-state index in [4.69, 9.17) is 14.9 Å². The standard InChI is InChI=1S/C17H14FNO2/c18-14-3-1-2-11-7-15(21-17(11)14)16(19)10-4-5-12-8-20-9-13(12)6-10/h1-7,16H,8-9,19H2. The van der Waals surface area contributed by atoms with Crippen molar-refractivity contribution < 1.29 is 13.5 Å². The van der Waals surface area contributed by atoms with Crippen LogP contribution in [0.1, 0.15) is 28.5 Å². The van der Waals surface area contributed by atoms with E-state index in [0.29, 0.717) is 19.0 Å². The quantitative estimate of drug-likeness (QED) is 0.781. The van der Waals surface area contributed by atoms with Crippen molar-refractivity contribution in [2.24, 2.45) is 5.73 Å². The van der Waals surface area contributed by atoms with Gasteiger partial charge in [-0.1, -0.05) is 30.3 Å². The van der Waals surface area contributed by atoms with Crippen molar-refractivity contribution in [2.75, 3.05) is 0 Å². The average molecular weight is 283 g/mol. The number of ether oxygens (including phenoxy) is 1. The minimum Gasteiger partial charge on any atom is -0.456 e. The Morgan fingerprint density at radius 3 is 2.76 bits per heavy atom. The van der Waals surface area contributed by atoms with Crippen molar-refractivity contribution >= 4 is 11.0 Å². The number of hydrogen-bond acceptors (Lipinski definition) is 3. The van der Waals surface area contributed by atoms with Crippen molar-refractivity contribution in [3.8, 4) is 0 Å². The van der Waals surface area contributed by atoms with Gasteiger partial charge in [0.25, 0.3) is 0 Å². The lowest BCUT2D eigenvalue weighted by molar-refractivity contribution is 0.134. The number of fused-ring (bicyclic) bond motifs is 2. The number of benzene rings is 2. The second kappa shape index (κ2) is 4.69. The molecule has 0 saturated carbocycles. The van der Waals surface area contributed by atoms with E-state index in [1.54, 1.807) is 12.1 Å². The van der Waals surface area contributed by atoms with Gasteiger partial charge in [0.1, 0.15) is 5.76 Å². The molecule has 2 N–H and O–H groups in total. The number of furan rings is 1. The molecule has 3 aromatic rings. The molecule has 0 saturated heterocycles. The first-order chi connectivity index (χ1) is 10.2. The zero-order valence-corrected chi connectivity index (χ0v) is 11.3. The van der Waals surface area contributed by atoms with E-state index in [1.807, 2.05) is 24.3 Å². The van der Waals surface area contributed by atoms with Crippen LogP contribution in [0.5, 0.6) is 0 Å². The van der Waals surface area contributed by atoms with E-state index in [1.165, 1.54) is 11.6 Å². The summed E-state index contributed by atoms with van der Waals surface area (Å²) in [6, 6.07) is 12.3. The molecular formula is C17H14FNO2. The molecule has 21 heavy (non-hydrogen) atoms. The Kier molecular flexibility index (Phi) is 2.80. The zero-order chi connectivity index (χ0) is 14.4. The highest BCUT2D eigenvalue weighted by atomic mass is 19.1. The molecular weight excluding hydrogens is 269 g/mol. The molecule has 1 aromatic heterocycles. The van der Waals surface area contributed by atoms with E-state index < -0.39 is 6.04 Å². The van der Waals surface area contributed by atoms with E-state index in [9.17, 15) is 4.39 Å². The minimum atomic E-state index is -0.414. The first kappa shape index (κ1) is 12.6. The summed E-state index contributed by atoms with van der Waals surface area (Å²) in [6.45, 7) is 1.27. The number of rotatable bonds is 2. The third-order valence-corrected chi connectivity index (χ3v) is 3.93. The highest BCUT2D eigenvalue weighted by Gasteiger charge is 2.18. The van der Waals surface area contributed by atoms with Gasteiger partial charge in [0, 0.05) is 5.39 Å². The van der Waals surface area contributed by atoms with Crippen LogP contribution in [0, 0.1) is 5.82 Å². The van der Waals surface area contributed by atoms with Crippen LogP contribution in [0.2, 0.25) is 0 Å². The summed E-state index contributed by atoms with van der Waals surface area (Å²) in [5, 5.41) is 0.727. The lowest BCUT2D eigenvalue weighted by Crippen LogP contribution is -2.11. The van der Waals surface area contributed by atoms with Crippen LogP contribution in [-0.2, 0) is 18.0 Å². The number of halogens is 1. The molecule has 0 bridgehead atoms. The van der Waals surface area contributed by atoms with Crippen LogP contribution in [0.15, 0.2) is 46.9 Å². The Bertz CT molecular complexity index is 825. The molecule has 4 rings (SSSR count). The van der Waals surface area contributed by atoms with Gasteiger partial charge in [0.05, 0.1) is 19.3 Å².